The van der Waals surface area contributed by atoms with Crippen molar-refractivity contribution in [1.82, 2.24) is 4.90 Å². The molecular weight excluding hydrogens is 389 g/mol. The number of carbonyl (C=O) groups is 1. The normalized spacial score (nSPS) is 14.6. The van der Waals surface area contributed by atoms with Gasteiger partial charge >= 0.3 is 6.18 Å². The highest BCUT2D eigenvalue weighted by Crippen LogP contribution is 2.32. The molecule has 1 saturated heterocycles. The fraction of sp³-hybridized carbons (Fsp3) is 0.208. The molecule has 4 rings (SSSR count). The van der Waals surface area contributed by atoms with Crippen molar-refractivity contribution in [3.05, 3.63) is 90.0 Å². The molecule has 30 heavy (non-hydrogen) atoms. The zero-order valence-corrected chi connectivity index (χ0v) is 16.3. The molecule has 0 bridgehead atoms. The zero-order chi connectivity index (χ0) is 21.1. The van der Waals surface area contributed by atoms with Crippen LogP contribution in [0.2, 0.25) is 0 Å². The number of benzene rings is 3. The number of halogens is 3. The molecule has 0 aliphatic carbocycles. The molecule has 0 N–H and O–H groups in total. The number of alkyl halides is 3. The van der Waals surface area contributed by atoms with Crippen LogP contribution < -0.4 is 4.90 Å². The number of piperazine rings is 1. The summed E-state index contributed by atoms with van der Waals surface area (Å²) >= 11 is 0. The van der Waals surface area contributed by atoms with Crippen molar-refractivity contribution >= 4 is 11.6 Å². The van der Waals surface area contributed by atoms with Crippen molar-refractivity contribution in [2.75, 3.05) is 31.1 Å². The Balaban J connectivity index is 1.52. The highest BCUT2D eigenvalue weighted by Gasteiger charge is 2.30. The van der Waals surface area contributed by atoms with Gasteiger partial charge in [-0.2, -0.15) is 13.2 Å². The summed E-state index contributed by atoms with van der Waals surface area (Å²) in [5, 5.41) is 0. The standard InChI is InChI=1S/C24H21F3N2O/c25-24(26,27)19-12-10-18(11-13-19)21-8-4-5-9-22(21)23(30)29-16-14-28(15-17-29)20-6-2-1-3-7-20/h1-13H,14-17H2. The largest absolute Gasteiger partial charge is 0.416 e. The minimum Gasteiger partial charge on any atom is -0.368 e. The predicted octanol–water partition coefficient (Wildman–Crippen LogP) is 5.33. The summed E-state index contributed by atoms with van der Waals surface area (Å²) < 4.78 is 38.6. The lowest BCUT2D eigenvalue weighted by atomic mass is 9.97. The summed E-state index contributed by atoms with van der Waals surface area (Å²) in [5.41, 5.74) is 2.17. The van der Waals surface area contributed by atoms with Gasteiger partial charge in [-0.1, -0.05) is 48.5 Å². The van der Waals surface area contributed by atoms with Gasteiger partial charge in [-0.25, -0.2) is 0 Å². The first-order valence-corrected chi connectivity index (χ1v) is 9.79. The molecule has 0 spiro atoms. The molecule has 0 atom stereocenters. The molecule has 0 unspecified atom stereocenters. The Morgan fingerprint density at radius 1 is 0.733 bits per heavy atom. The zero-order valence-electron chi connectivity index (χ0n) is 16.3. The number of amides is 1. The number of carbonyl (C=O) groups excluding carboxylic acids is 1. The number of anilines is 1. The molecule has 6 heteroatoms. The summed E-state index contributed by atoms with van der Waals surface area (Å²) in [5.74, 6) is -0.0989. The average molecular weight is 410 g/mol. The second-order valence-electron chi connectivity index (χ2n) is 7.24. The van der Waals surface area contributed by atoms with Gasteiger partial charge in [0.25, 0.3) is 5.91 Å². The third kappa shape index (κ3) is 4.17. The SMILES string of the molecule is O=C(c1ccccc1-c1ccc(C(F)(F)F)cc1)N1CCN(c2ccccc2)CC1. The summed E-state index contributed by atoms with van der Waals surface area (Å²) in [4.78, 5) is 17.2. The van der Waals surface area contributed by atoms with E-state index < -0.39 is 11.7 Å². The van der Waals surface area contributed by atoms with E-state index in [0.717, 1.165) is 30.9 Å². The Morgan fingerprint density at radius 3 is 1.97 bits per heavy atom. The number of nitrogens with zero attached hydrogens (tertiary/aromatic N) is 2. The first-order chi connectivity index (χ1) is 14.4. The first-order valence-electron chi connectivity index (χ1n) is 9.79. The van der Waals surface area contributed by atoms with Crippen molar-refractivity contribution in [2.24, 2.45) is 0 Å². The van der Waals surface area contributed by atoms with E-state index in [9.17, 15) is 18.0 Å². The second kappa shape index (κ2) is 8.22. The summed E-state index contributed by atoms with van der Waals surface area (Å²) in [7, 11) is 0. The lowest BCUT2D eigenvalue weighted by Crippen LogP contribution is -2.48. The van der Waals surface area contributed by atoms with Gasteiger partial charge in [-0.3, -0.25) is 4.79 Å². The monoisotopic (exact) mass is 410 g/mol. The first kappa shape index (κ1) is 20.0. The third-order valence-corrected chi connectivity index (χ3v) is 5.37. The van der Waals surface area contributed by atoms with Crippen LogP contribution in [0.25, 0.3) is 11.1 Å². The maximum absolute atomic E-state index is 13.2. The molecular formula is C24H21F3N2O. The van der Waals surface area contributed by atoms with E-state index in [0.29, 0.717) is 29.8 Å². The lowest BCUT2D eigenvalue weighted by molar-refractivity contribution is -0.137. The van der Waals surface area contributed by atoms with Crippen LogP contribution in [0.4, 0.5) is 18.9 Å². The van der Waals surface area contributed by atoms with Crippen LogP contribution >= 0.6 is 0 Å². The fourth-order valence-corrected chi connectivity index (χ4v) is 3.74. The molecule has 1 aliphatic rings. The maximum atomic E-state index is 13.2. The van der Waals surface area contributed by atoms with Gasteiger partial charge in [0.15, 0.2) is 0 Å². The van der Waals surface area contributed by atoms with Crippen LogP contribution in [-0.2, 0) is 6.18 Å². The van der Waals surface area contributed by atoms with Crippen LogP contribution in [0.1, 0.15) is 15.9 Å². The van der Waals surface area contributed by atoms with E-state index in [-0.39, 0.29) is 5.91 Å². The Kier molecular flexibility index (Phi) is 5.48. The number of hydrogen-bond donors (Lipinski definition) is 0. The Hall–Kier alpha value is -3.28. The van der Waals surface area contributed by atoms with E-state index in [4.69, 9.17) is 0 Å². The molecule has 3 nitrogen and oxygen atoms in total. The Labute approximate surface area is 173 Å². The van der Waals surface area contributed by atoms with Crippen molar-refractivity contribution in [3.8, 4) is 11.1 Å². The minimum atomic E-state index is -4.38. The van der Waals surface area contributed by atoms with Gasteiger partial charge in [0.2, 0.25) is 0 Å². The average Bonchev–Trinajstić information content (AvgIpc) is 2.79. The quantitative estimate of drug-likeness (QED) is 0.582. The molecule has 0 aromatic heterocycles. The van der Waals surface area contributed by atoms with E-state index in [2.05, 4.69) is 17.0 Å². The number of para-hydroxylation sites is 1. The molecule has 0 saturated carbocycles. The van der Waals surface area contributed by atoms with Gasteiger partial charge in [-0.15, -0.1) is 0 Å². The van der Waals surface area contributed by atoms with E-state index in [1.165, 1.54) is 12.1 Å². The van der Waals surface area contributed by atoms with E-state index in [1.807, 2.05) is 23.1 Å². The second-order valence-corrected chi connectivity index (χ2v) is 7.24. The van der Waals surface area contributed by atoms with Crippen molar-refractivity contribution in [2.45, 2.75) is 6.18 Å². The van der Waals surface area contributed by atoms with Crippen molar-refractivity contribution in [3.63, 3.8) is 0 Å². The van der Waals surface area contributed by atoms with Gasteiger partial charge < -0.3 is 9.80 Å². The number of rotatable bonds is 3. The highest BCUT2D eigenvalue weighted by atomic mass is 19.4. The van der Waals surface area contributed by atoms with Crippen LogP contribution in [0.5, 0.6) is 0 Å². The summed E-state index contributed by atoms with van der Waals surface area (Å²) in [6.45, 7) is 2.65. The third-order valence-electron chi connectivity index (χ3n) is 5.37. The van der Waals surface area contributed by atoms with Crippen LogP contribution in [0, 0.1) is 0 Å². The van der Waals surface area contributed by atoms with Crippen LogP contribution in [0.3, 0.4) is 0 Å². The molecule has 0 radical (unpaired) electrons. The molecule has 1 fully saturated rings. The minimum absolute atomic E-state index is 0.0989. The lowest BCUT2D eigenvalue weighted by Gasteiger charge is -2.36. The summed E-state index contributed by atoms with van der Waals surface area (Å²) in [6, 6.07) is 22.1. The summed E-state index contributed by atoms with van der Waals surface area (Å²) in [6.07, 6.45) is -4.38. The fourth-order valence-electron chi connectivity index (χ4n) is 3.74. The molecule has 1 amide bonds. The molecule has 1 heterocycles. The van der Waals surface area contributed by atoms with Crippen molar-refractivity contribution in [1.29, 1.82) is 0 Å². The van der Waals surface area contributed by atoms with Gasteiger partial charge in [0, 0.05) is 37.4 Å². The number of hydrogen-bond acceptors (Lipinski definition) is 2. The smallest absolute Gasteiger partial charge is 0.368 e. The highest BCUT2D eigenvalue weighted by molar-refractivity contribution is 6.01. The van der Waals surface area contributed by atoms with Gasteiger partial charge in [-0.05, 0) is 41.5 Å². The Morgan fingerprint density at radius 2 is 1.33 bits per heavy atom. The molecule has 3 aromatic carbocycles. The van der Waals surface area contributed by atoms with Gasteiger partial charge in [0.05, 0.1) is 5.56 Å². The van der Waals surface area contributed by atoms with E-state index >= 15 is 0 Å². The van der Waals surface area contributed by atoms with Gasteiger partial charge in [0.1, 0.15) is 0 Å². The van der Waals surface area contributed by atoms with Crippen molar-refractivity contribution < 1.29 is 18.0 Å². The molecule has 154 valence electrons. The maximum Gasteiger partial charge on any atom is 0.416 e. The topological polar surface area (TPSA) is 23.6 Å². The Bertz CT molecular complexity index is 1010. The molecule has 3 aromatic rings. The van der Waals surface area contributed by atoms with Crippen LogP contribution in [0.15, 0.2) is 78.9 Å². The molecule has 1 aliphatic heterocycles. The van der Waals surface area contributed by atoms with E-state index in [1.54, 1.807) is 24.3 Å². The predicted molar refractivity (Wildman–Crippen MR) is 111 cm³/mol. The van der Waals surface area contributed by atoms with Crippen LogP contribution in [-0.4, -0.2) is 37.0 Å².